The van der Waals surface area contributed by atoms with Crippen LogP contribution in [0.25, 0.3) is 0 Å². The molecule has 0 aromatic heterocycles. The van der Waals surface area contributed by atoms with E-state index >= 15 is 0 Å². The highest BCUT2D eigenvalue weighted by Gasteiger charge is 2.24. The fourth-order valence-electron chi connectivity index (χ4n) is 1.67. The number of nitriles is 1. The van der Waals surface area contributed by atoms with Crippen molar-refractivity contribution in [1.29, 1.82) is 5.26 Å². The first-order valence-electron chi connectivity index (χ1n) is 4.40. The maximum atomic E-state index is 11.5. The molecule has 0 aliphatic heterocycles. The number of carbonyl (C=O) groups excluding carboxylic acids is 1. The van der Waals surface area contributed by atoms with Crippen LogP contribution in [0.4, 0.5) is 0 Å². The van der Waals surface area contributed by atoms with E-state index in [4.69, 9.17) is 5.26 Å². The second-order valence-electron chi connectivity index (χ2n) is 3.16. The molecular weight excluding hydrogens is 150 g/mol. The van der Waals surface area contributed by atoms with Crippen LogP contribution in [0.2, 0.25) is 0 Å². The molecule has 0 aromatic carbocycles. The highest BCUT2D eigenvalue weighted by atomic mass is 16.1. The van der Waals surface area contributed by atoms with E-state index in [-0.39, 0.29) is 11.7 Å². The Morgan fingerprint density at radius 3 is 2.50 bits per heavy atom. The molecule has 1 saturated carbocycles. The van der Waals surface area contributed by atoms with Gasteiger partial charge in [-0.3, -0.25) is 4.79 Å². The zero-order valence-electron chi connectivity index (χ0n) is 7.34. The van der Waals surface area contributed by atoms with Crippen molar-refractivity contribution >= 4 is 5.78 Å². The molecule has 0 bridgehead atoms. The van der Waals surface area contributed by atoms with E-state index in [1.54, 1.807) is 13.0 Å². The second-order valence-corrected chi connectivity index (χ2v) is 3.16. The van der Waals surface area contributed by atoms with E-state index in [1.807, 2.05) is 6.07 Å². The van der Waals surface area contributed by atoms with Crippen LogP contribution in [0.1, 0.15) is 32.6 Å². The topological polar surface area (TPSA) is 40.9 Å². The summed E-state index contributed by atoms with van der Waals surface area (Å²) >= 11 is 0. The lowest BCUT2D eigenvalue weighted by atomic mass is 9.97. The van der Waals surface area contributed by atoms with Gasteiger partial charge in [-0.1, -0.05) is 18.9 Å². The third kappa shape index (κ3) is 1.73. The molecule has 1 rings (SSSR count). The minimum absolute atomic E-state index is 0.0532. The highest BCUT2D eigenvalue weighted by Crippen LogP contribution is 2.27. The molecule has 0 N–H and O–H groups in total. The number of ketones is 1. The summed E-state index contributed by atoms with van der Waals surface area (Å²) in [4.78, 5) is 11.5. The van der Waals surface area contributed by atoms with Gasteiger partial charge in [-0.2, -0.15) is 5.26 Å². The minimum atomic E-state index is 0.0532. The van der Waals surface area contributed by atoms with Crippen molar-refractivity contribution in [2.45, 2.75) is 32.6 Å². The summed E-state index contributed by atoms with van der Waals surface area (Å²) in [5.41, 5.74) is 0.335. The number of hydrogen-bond acceptors (Lipinski definition) is 2. The standard InChI is InChI=1S/C10H13NO/c1-2-8(7-11)10(12)9-5-3-4-6-9/h2,9H,3-6H2,1H3/b8-2-. The van der Waals surface area contributed by atoms with E-state index in [0.29, 0.717) is 5.57 Å². The molecule has 64 valence electrons. The second kappa shape index (κ2) is 4.06. The molecule has 0 radical (unpaired) electrons. The summed E-state index contributed by atoms with van der Waals surface area (Å²) in [6, 6.07) is 1.94. The highest BCUT2D eigenvalue weighted by molar-refractivity contribution is 6.00. The van der Waals surface area contributed by atoms with Crippen molar-refractivity contribution in [2.24, 2.45) is 5.92 Å². The van der Waals surface area contributed by atoms with Gasteiger partial charge in [-0.05, 0) is 19.8 Å². The van der Waals surface area contributed by atoms with E-state index < -0.39 is 0 Å². The van der Waals surface area contributed by atoms with Crippen LogP contribution < -0.4 is 0 Å². The monoisotopic (exact) mass is 163 g/mol. The Hall–Kier alpha value is -1.10. The van der Waals surface area contributed by atoms with Gasteiger partial charge in [0.2, 0.25) is 0 Å². The van der Waals surface area contributed by atoms with Crippen molar-refractivity contribution in [3.63, 3.8) is 0 Å². The average molecular weight is 163 g/mol. The lowest BCUT2D eigenvalue weighted by Crippen LogP contribution is -2.12. The first kappa shape index (κ1) is 8.99. The zero-order chi connectivity index (χ0) is 8.97. The van der Waals surface area contributed by atoms with E-state index in [2.05, 4.69) is 0 Å². The molecule has 1 fully saturated rings. The number of hydrogen-bond donors (Lipinski definition) is 0. The summed E-state index contributed by atoms with van der Waals surface area (Å²) in [5, 5.41) is 8.62. The Balaban J connectivity index is 2.64. The van der Waals surface area contributed by atoms with Crippen LogP contribution in [-0.4, -0.2) is 5.78 Å². The number of Topliss-reactive ketones (excluding diaryl/α,β-unsaturated/α-hetero) is 1. The Kier molecular flexibility index (Phi) is 3.04. The lowest BCUT2D eigenvalue weighted by molar-refractivity contribution is -0.118. The molecule has 2 heteroatoms. The molecule has 2 nitrogen and oxygen atoms in total. The predicted octanol–water partition coefficient (Wildman–Crippen LogP) is 2.22. The fourth-order valence-corrected chi connectivity index (χ4v) is 1.67. The van der Waals surface area contributed by atoms with E-state index in [0.717, 1.165) is 25.7 Å². The molecule has 1 aliphatic carbocycles. The fraction of sp³-hybridized carbons (Fsp3) is 0.600. The first-order valence-corrected chi connectivity index (χ1v) is 4.40. The van der Waals surface area contributed by atoms with Gasteiger partial charge < -0.3 is 0 Å². The van der Waals surface area contributed by atoms with Gasteiger partial charge in [0.1, 0.15) is 6.07 Å². The van der Waals surface area contributed by atoms with Crippen molar-refractivity contribution in [3.05, 3.63) is 11.6 Å². The smallest absolute Gasteiger partial charge is 0.176 e. The molecular formula is C10H13NO. The average Bonchev–Trinajstić information content (AvgIpc) is 2.58. The third-order valence-corrected chi connectivity index (χ3v) is 2.40. The van der Waals surface area contributed by atoms with Gasteiger partial charge in [0, 0.05) is 5.92 Å². The van der Waals surface area contributed by atoms with Crippen molar-refractivity contribution in [1.82, 2.24) is 0 Å². The van der Waals surface area contributed by atoms with Gasteiger partial charge >= 0.3 is 0 Å². The molecule has 0 heterocycles. The van der Waals surface area contributed by atoms with Crippen LogP contribution >= 0.6 is 0 Å². The summed E-state index contributed by atoms with van der Waals surface area (Å²) < 4.78 is 0. The SMILES string of the molecule is C/C=C(/C#N)C(=O)C1CCCC1. The number of rotatable bonds is 2. The number of allylic oxidation sites excluding steroid dienone is 2. The zero-order valence-corrected chi connectivity index (χ0v) is 7.34. The van der Waals surface area contributed by atoms with Crippen LogP contribution in [0.5, 0.6) is 0 Å². The molecule has 0 amide bonds. The Morgan fingerprint density at radius 1 is 1.50 bits per heavy atom. The largest absolute Gasteiger partial charge is 0.293 e. The summed E-state index contributed by atoms with van der Waals surface area (Å²) in [5.74, 6) is 0.188. The summed E-state index contributed by atoms with van der Waals surface area (Å²) in [7, 11) is 0. The molecule has 0 atom stereocenters. The Morgan fingerprint density at radius 2 is 2.08 bits per heavy atom. The van der Waals surface area contributed by atoms with Crippen molar-refractivity contribution in [2.75, 3.05) is 0 Å². The van der Waals surface area contributed by atoms with Crippen molar-refractivity contribution < 1.29 is 4.79 Å². The normalized spacial score (nSPS) is 19.2. The van der Waals surface area contributed by atoms with Gasteiger partial charge in [0.15, 0.2) is 5.78 Å². The predicted molar refractivity (Wildman–Crippen MR) is 46.3 cm³/mol. The summed E-state index contributed by atoms with van der Waals surface area (Å²) in [6.07, 6.45) is 5.83. The Bertz CT molecular complexity index is 241. The van der Waals surface area contributed by atoms with Gasteiger partial charge in [-0.15, -0.1) is 0 Å². The molecule has 0 aromatic rings. The lowest BCUT2D eigenvalue weighted by Gasteiger charge is -2.04. The maximum absolute atomic E-state index is 11.5. The van der Waals surface area contributed by atoms with Crippen LogP contribution in [0, 0.1) is 17.2 Å². The van der Waals surface area contributed by atoms with Crippen LogP contribution in [0.15, 0.2) is 11.6 Å². The molecule has 0 spiro atoms. The van der Waals surface area contributed by atoms with Gasteiger partial charge in [-0.25, -0.2) is 0 Å². The molecule has 12 heavy (non-hydrogen) atoms. The number of carbonyl (C=O) groups is 1. The van der Waals surface area contributed by atoms with Crippen LogP contribution in [-0.2, 0) is 4.79 Å². The van der Waals surface area contributed by atoms with E-state index in [1.165, 1.54) is 0 Å². The quantitative estimate of drug-likeness (QED) is 0.462. The van der Waals surface area contributed by atoms with E-state index in [9.17, 15) is 4.79 Å². The van der Waals surface area contributed by atoms with Gasteiger partial charge in [0.25, 0.3) is 0 Å². The maximum Gasteiger partial charge on any atom is 0.176 e. The molecule has 0 saturated heterocycles. The number of nitrogens with zero attached hydrogens (tertiary/aromatic N) is 1. The van der Waals surface area contributed by atoms with Crippen molar-refractivity contribution in [3.8, 4) is 6.07 Å². The summed E-state index contributed by atoms with van der Waals surface area (Å²) in [6.45, 7) is 1.74. The third-order valence-electron chi connectivity index (χ3n) is 2.40. The minimum Gasteiger partial charge on any atom is -0.293 e. The van der Waals surface area contributed by atoms with Crippen LogP contribution in [0.3, 0.4) is 0 Å². The first-order chi connectivity index (χ1) is 5.79. The molecule has 1 aliphatic rings. The molecule has 0 unspecified atom stereocenters. The Labute approximate surface area is 72.9 Å². The van der Waals surface area contributed by atoms with Gasteiger partial charge in [0.05, 0.1) is 5.57 Å².